The van der Waals surface area contributed by atoms with Gasteiger partial charge in [-0.05, 0) is 41.1 Å². The fourth-order valence-corrected chi connectivity index (χ4v) is 4.54. The Balaban J connectivity index is 1.99. The minimum atomic E-state index is -1.21. The summed E-state index contributed by atoms with van der Waals surface area (Å²) in [5, 5.41) is 12.3. The lowest BCUT2D eigenvalue weighted by Crippen LogP contribution is -2.18. The van der Waals surface area contributed by atoms with Crippen LogP contribution in [0.15, 0.2) is 30.0 Å². The van der Waals surface area contributed by atoms with Crippen molar-refractivity contribution in [2.45, 2.75) is 0 Å². The van der Waals surface area contributed by atoms with Gasteiger partial charge in [0.15, 0.2) is 0 Å². The summed E-state index contributed by atoms with van der Waals surface area (Å²) >= 11 is 3.15. The Kier molecular flexibility index (Phi) is 4.71. The summed E-state index contributed by atoms with van der Waals surface area (Å²) in [5.74, 6) is -1.21. The second kappa shape index (κ2) is 6.94. The number of carboxylic acid groups (broad SMARTS) is 1. The van der Waals surface area contributed by atoms with Gasteiger partial charge in [0.25, 0.3) is 5.70 Å². The van der Waals surface area contributed by atoms with Crippen LogP contribution in [0, 0.1) is 13.1 Å². The summed E-state index contributed by atoms with van der Waals surface area (Å²) in [4.78, 5) is 20.3. The van der Waals surface area contributed by atoms with Crippen molar-refractivity contribution in [1.29, 1.82) is 0 Å². The number of likely N-dealkylation sites (N-methyl/N-ethyl adjacent to an activating group) is 1. The molecule has 0 atom stereocenters. The molecular weight excluding hydrogens is 354 g/mol. The lowest BCUT2D eigenvalue weighted by atomic mass is 10.2. The van der Waals surface area contributed by atoms with Crippen molar-refractivity contribution in [1.82, 2.24) is 0 Å². The van der Waals surface area contributed by atoms with Crippen molar-refractivity contribution in [2.75, 3.05) is 25.0 Å². The largest absolute Gasteiger partial charge is 0.486 e. The summed E-state index contributed by atoms with van der Waals surface area (Å²) < 4.78 is 2.20. The van der Waals surface area contributed by atoms with E-state index in [-0.39, 0.29) is 5.70 Å². The average molecular weight is 367 g/mol. The van der Waals surface area contributed by atoms with Gasteiger partial charge in [0.1, 0.15) is 0 Å². The molecule has 0 aliphatic heterocycles. The van der Waals surface area contributed by atoms with Gasteiger partial charge in [-0.2, -0.15) is 0 Å². The number of carboxylic acids is 1. The first-order valence-electron chi connectivity index (χ1n) is 7.36. The smallest absolute Gasteiger partial charge is 0.333 e. The topological polar surface area (TPSA) is 49.3 Å². The SMILES string of the molecule is [C-]#[N+]CCN(C)c1cc2cc3sc(/C=C(\[N+]#[C-])C(=O)O)cc3cc2s1. The second-order valence-electron chi connectivity index (χ2n) is 5.41. The summed E-state index contributed by atoms with van der Waals surface area (Å²) in [7, 11) is 1.99. The first-order chi connectivity index (χ1) is 12.0. The van der Waals surface area contributed by atoms with Crippen LogP contribution in [-0.2, 0) is 4.79 Å². The highest BCUT2D eigenvalue weighted by Crippen LogP contribution is 2.37. The molecule has 1 N–H and O–H groups in total. The normalized spacial score (nSPS) is 11.4. The van der Waals surface area contributed by atoms with E-state index >= 15 is 0 Å². The maximum absolute atomic E-state index is 11.0. The number of aliphatic carboxylic acids is 1. The molecule has 0 unspecified atom stereocenters. The number of hydrogen-bond donors (Lipinski definition) is 1. The van der Waals surface area contributed by atoms with Gasteiger partial charge in [0, 0.05) is 21.3 Å². The predicted octanol–water partition coefficient (Wildman–Crippen LogP) is 4.82. The molecule has 0 aliphatic rings. The Labute approximate surface area is 152 Å². The highest BCUT2D eigenvalue weighted by molar-refractivity contribution is 7.23. The molecular formula is C18H13N3O2S2. The van der Waals surface area contributed by atoms with Crippen molar-refractivity contribution in [3.63, 3.8) is 0 Å². The summed E-state index contributed by atoms with van der Waals surface area (Å²) in [5.41, 5.74) is -0.280. The van der Waals surface area contributed by atoms with E-state index in [1.165, 1.54) is 17.4 Å². The quantitative estimate of drug-likeness (QED) is 0.520. The average Bonchev–Trinajstić information content (AvgIpc) is 3.17. The van der Waals surface area contributed by atoms with Gasteiger partial charge in [-0.1, -0.05) is 0 Å². The number of carbonyl (C=O) groups is 1. The third kappa shape index (κ3) is 3.48. The zero-order valence-corrected chi connectivity index (χ0v) is 14.9. The zero-order chi connectivity index (χ0) is 18.0. The van der Waals surface area contributed by atoms with Crippen molar-refractivity contribution in [3.8, 4) is 0 Å². The van der Waals surface area contributed by atoms with Crippen LogP contribution in [0.2, 0.25) is 0 Å². The van der Waals surface area contributed by atoms with Gasteiger partial charge in [-0.25, -0.2) is 11.4 Å². The molecule has 25 heavy (non-hydrogen) atoms. The van der Waals surface area contributed by atoms with Crippen LogP contribution in [0.1, 0.15) is 4.88 Å². The molecule has 7 heteroatoms. The number of fused-ring (bicyclic) bond motifs is 2. The standard InChI is InChI=1S/C18H13N3O2S2/c1-19-4-5-21(3)17-9-12-8-15-11(7-16(12)25-17)6-13(24-15)10-14(20-2)18(22)23/h6-10H,4-5H2,3H3,(H,22,23)/b14-10-. The van der Waals surface area contributed by atoms with Gasteiger partial charge >= 0.3 is 5.97 Å². The molecule has 0 radical (unpaired) electrons. The van der Waals surface area contributed by atoms with Crippen LogP contribution in [0.5, 0.6) is 0 Å². The van der Waals surface area contributed by atoms with Crippen LogP contribution in [0.3, 0.4) is 0 Å². The zero-order valence-electron chi connectivity index (χ0n) is 13.3. The summed E-state index contributed by atoms with van der Waals surface area (Å²) in [6.07, 6.45) is 1.41. The molecule has 1 aromatic carbocycles. The van der Waals surface area contributed by atoms with E-state index in [1.807, 2.05) is 13.1 Å². The first kappa shape index (κ1) is 17.0. The molecule has 124 valence electrons. The molecule has 0 saturated heterocycles. The van der Waals surface area contributed by atoms with Gasteiger partial charge < -0.3 is 14.9 Å². The minimum absolute atomic E-state index is 0.280. The number of benzene rings is 1. The van der Waals surface area contributed by atoms with Crippen molar-refractivity contribution < 1.29 is 9.90 Å². The van der Waals surface area contributed by atoms with E-state index in [1.54, 1.807) is 11.3 Å². The van der Waals surface area contributed by atoms with E-state index in [2.05, 4.69) is 32.8 Å². The van der Waals surface area contributed by atoms with Gasteiger partial charge in [-0.15, -0.1) is 22.7 Å². The van der Waals surface area contributed by atoms with E-state index in [9.17, 15) is 4.79 Å². The van der Waals surface area contributed by atoms with Crippen LogP contribution in [0.25, 0.3) is 35.9 Å². The number of rotatable bonds is 5. The van der Waals surface area contributed by atoms with E-state index in [0.29, 0.717) is 13.1 Å². The molecule has 3 aromatic rings. The Hall–Kier alpha value is -2.87. The van der Waals surface area contributed by atoms with E-state index < -0.39 is 5.97 Å². The van der Waals surface area contributed by atoms with E-state index in [4.69, 9.17) is 18.3 Å². The van der Waals surface area contributed by atoms with Crippen LogP contribution >= 0.6 is 22.7 Å². The lowest BCUT2D eigenvalue weighted by molar-refractivity contribution is -0.132. The molecule has 2 heterocycles. The van der Waals surface area contributed by atoms with Crippen molar-refractivity contribution in [3.05, 3.63) is 57.7 Å². The predicted molar refractivity (Wildman–Crippen MR) is 104 cm³/mol. The molecule has 2 aromatic heterocycles. The molecule has 0 fully saturated rings. The van der Waals surface area contributed by atoms with Crippen molar-refractivity contribution in [2.24, 2.45) is 0 Å². The molecule has 0 bridgehead atoms. The third-order valence-corrected chi connectivity index (χ3v) is 5.96. The van der Waals surface area contributed by atoms with Gasteiger partial charge in [0.2, 0.25) is 6.54 Å². The molecule has 0 amide bonds. The monoisotopic (exact) mass is 367 g/mol. The Bertz CT molecular complexity index is 1030. The highest BCUT2D eigenvalue weighted by atomic mass is 32.1. The number of hydrogen-bond acceptors (Lipinski definition) is 4. The van der Waals surface area contributed by atoms with Crippen molar-refractivity contribution >= 4 is 59.9 Å². The third-order valence-electron chi connectivity index (χ3n) is 3.70. The maximum Gasteiger partial charge on any atom is 0.333 e. The Morgan fingerprint density at radius 3 is 2.52 bits per heavy atom. The minimum Gasteiger partial charge on any atom is -0.486 e. The molecule has 0 spiro atoms. The Morgan fingerprint density at radius 1 is 1.20 bits per heavy atom. The van der Waals surface area contributed by atoms with Crippen LogP contribution in [-0.4, -0.2) is 31.2 Å². The van der Waals surface area contributed by atoms with Crippen LogP contribution in [0.4, 0.5) is 5.00 Å². The fraction of sp³-hybridized carbons (Fsp3) is 0.167. The fourth-order valence-electron chi connectivity index (χ4n) is 2.42. The molecule has 3 rings (SSSR count). The maximum atomic E-state index is 11.0. The molecule has 0 saturated carbocycles. The number of thiophene rings is 2. The highest BCUT2D eigenvalue weighted by Gasteiger charge is 2.11. The number of nitrogens with zero attached hydrogens (tertiary/aromatic N) is 3. The molecule has 0 aliphatic carbocycles. The van der Waals surface area contributed by atoms with Gasteiger partial charge in [-0.3, -0.25) is 4.79 Å². The lowest BCUT2D eigenvalue weighted by Gasteiger charge is -2.12. The first-order valence-corrected chi connectivity index (χ1v) is 8.99. The van der Waals surface area contributed by atoms with Gasteiger partial charge in [0.05, 0.1) is 18.1 Å². The molecule has 5 nitrogen and oxygen atoms in total. The van der Waals surface area contributed by atoms with Crippen LogP contribution < -0.4 is 4.90 Å². The second-order valence-corrected chi connectivity index (χ2v) is 7.59. The Morgan fingerprint density at radius 2 is 1.88 bits per heavy atom. The summed E-state index contributed by atoms with van der Waals surface area (Å²) in [6.45, 7) is 15.0. The summed E-state index contributed by atoms with van der Waals surface area (Å²) in [6, 6.07) is 8.21. The number of anilines is 1. The van der Waals surface area contributed by atoms with E-state index in [0.717, 1.165) is 30.1 Å².